The second-order valence-corrected chi connectivity index (χ2v) is 6.42. The van der Waals surface area contributed by atoms with Crippen molar-refractivity contribution in [2.75, 3.05) is 26.2 Å². The van der Waals surface area contributed by atoms with E-state index in [1.54, 1.807) is 18.4 Å². The molecule has 26 heavy (non-hydrogen) atoms. The van der Waals surface area contributed by atoms with Gasteiger partial charge in [0.2, 0.25) is 5.91 Å². The Morgan fingerprint density at radius 3 is 2.50 bits per heavy atom. The van der Waals surface area contributed by atoms with E-state index in [-0.39, 0.29) is 36.6 Å². The summed E-state index contributed by atoms with van der Waals surface area (Å²) in [6, 6.07) is 7.11. The van der Waals surface area contributed by atoms with Gasteiger partial charge in [0.25, 0.3) is 5.91 Å². The highest BCUT2D eigenvalue weighted by Crippen LogP contribution is 2.24. The third-order valence-electron chi connectivity index (χ3n) is 4.58. The van der Waals surface area contributed by atoms with Gasteiger partial charge in [-0.3, -0.25) is 14.5 Å². The Morgan fingerprint density at radius 2 is 1.81 bits per heavy atom. The SMILES string of the molecule is O=C(CCNC(=O)c1ccco1)NCC(c1ccco1)N1CCCCC1. The third kappa shape index (κ3) is 4.98. The molecule has 1 unspecified atom stereocenters. The van der Waals surface area contributed by atoms with E-state index in [1.165, 1.54) is 25.5 Å². The van der Waals surface area contributed by atoms with Gasteiger partial charge in [0.1, 0.15) is 5.76 Å². The minimum Gasteiger partial charge on any atom is -0.468 e. The molecule has 140 valence electrons. The van der Waals surface area contributed by atoms with Crippen molar-refractivity contribution in [1.29, 1.82) is 0 Å². The molecular formula is C19H25N3O4. The first kappa shape index (κ1) is 18.3. The summed E-state index contributed by atoms with van der Waals surface area (Å²) in [5.41, 5.74) is 0. The van der Waals surface area contributed by atoms with Crippen LogP contribution >= 0.6 is 0 Å². The summed E-state index contributed by atoms with van der Waals surface area (Å²) < 4.78 is 10.6. The van der Waals surface area contributed by atoms with Crippen LogP contribution in [0.15, 0.2) is 45.6 Å². The quantitative estimate of drug-likeness (QED) is 0.755. The highest BCUT2D eigenvalue weighted by Gasteiger charge is 2.24. The maximum Gasteiger partial charge on any atom is 0.286 e. The van der Waals surface area contributed by atoms with Crippen LogP contribution in [0.4, 0.5) is 0 Å². The molecule has 2 amide bonds. The van der Waals surface area contributed by atoms with E-state index in [4.69, 9.17) is 8.83 Å². The highest BCUT2D eigenvalue weighted by molar-refractivity contribution is 5.91. The molecule has 7 heteroatoms. The normalized spacial score (nSPS) is 16.2. The number of rotatable bonds is 8. The number of amides is 2. The molecule has 0 saturated carbocycles. The zero-order chi connectivity index (χ0) is 18.2. The molecule has 2 aromatic heterocycles. The van der Waals surface area contributed by atoms with E-state index in [9.17, 15) is 9.59 Å². The summed E-state index contributed by atoms with van der Waals surface area (Å²) in [7, 11) is 0. The van der Waals surface area contributed by atoms with Crippen molar-refractivity contribution in [2.45, 2.75) is 31.7 Å². The average molecular weight is 359 g/mol. The molecule has 1 fully saturated rings. The molecule has 0 aliphatic carbocycles. The average Bonchev–Trinajstić information content (AvgIpc) is 3.37. The number of piperidine rings is 1. The van der Waals surface area contributed by atoms with Gasteiger partial charge < -0.3 is 19.5 Å². The van der Waals surface area contributed by atoms with Crippen LogP contribution in [0.25, 0.3) is 0 Å². The molecule has 0 aromatic carbocycles. The first-order chi connectivity index (χ1) is 12.7. The fourth-order valence-corrected chi connectivity index (χ4v) is 3.20. The predicted molar refractivity (Wildman–Crippen MR) is 95.5 cm³/mol. The number of nitrogens with one attached hydrogen (secondary N) is 2. The Balaban J connectivity index is 1.44. The van der Waals surface area contributed by atoms with Gasteiger partial charge in [-0.15, -0.1) is 0 Å². The van der Waals surface area contributed by atoms with E-state index >= 15 is 0 Å². The monoisotopic (exact) mass is 359 g/mol. The number of nitrogens with zero attached hydrogens (tertiary/aromatic N) is 1. The van der Waals surface area contributed by atoms with Gasteiger partial charge in [-0.1, -0.05) is 6.42 Å². The van der Waals surface area contributed by atoms with Crippen molar-refractivity contribution in [2.24, 2.45) is 0 Å². The molecule has 3 heterocycles. The minimum absolute atomic E-state index is 0.0481. The predicted octanol–water partition coefficient (Wildman–Crippen LogP) is 2.34. The standard InChI is InChI=1S/C19H25N3O4/c23-18(8-9-20-19(24)17-7-5-13-26-17)21-14-15(16-6-4-12-25-16)22-10-2-1-3-11-22/h4-7,12-13,15H,1-3,8-11,14H2,(H,20,24)(H,21,23). The Bertz CT molecular complexity index is 676. The van der Waals surface area contributed by atoms with Crippen LogP contribution in [-0.2, 0) is 4.79 Å². The van der Waals surface area contributed by atoms with Crippen LogP contribution in [0.2, 0.25) is 0 Å². The molecule has 0 spiro atoms. The van der Waals surface area contributed by atoms with Gasteiger partial charge in [0.15, 0.2) is 5.76 Å². The number of hydrogen-bond acceptors (Lipinski definition) is 5. The Labute approximate surface area is 152 Å². The molecule has 1 saturated heterocycles. The molecule has 0 bridgehead atoms. The molecule has 0 radical (unpaired) electrons. The molecule has 3 rings (SSSR count). The molecule has 1 aliphatic heterocycles. The largest absolute Gasteiger partial charge is 0.468 e. The topological polar surface area (TPSA) is 87.7 Å². The number of furan rings is 2. The second kappa shape index (κ2) is 9.24. The lowest BCUT2D eigenvalue weighted by molar-refractivity contribution is -0.121. The Hall–Kier alpha value is -2.54. The van der Waals surface area contributed by atoms with Gasteiger partial charge in [-0.05, 0) is 50.2 Å². The zero-order valence-electron chi connectivity index (χ0n) is 14.8. The first-order valence-electron chi connectivity index (χ1n) is 9.10. The van der Waals surface area contributed by atoms with E-state index in [0.717, 1.165) is 18.8 Å². The summed E-state index contributed by atoms with van der Waals surface area (Å²) in [5, 5.41) is 5.63. The maximum absolute atomic E-state index is 12.1. The minimum atomic E-state index is -0.315. The molecular weight excluding hydrogens is 334 g/mol. The van der Waals surface area contributed by atoms with Crippen molar-refractivity contribution < 1.29 is 18.4 Å². The van der Waals surface area contributed by atoms with Gasteiger partial charge >= 0.3 is 0 Å². The molecule has 7 nitrogen and oxygen atoms in total. The number of carbonyl (C=O) groups excluding carboxylic acids is 2. The van der Waals surface area contributed by atoms with Crippen LogP contribution in [0.3, 0.4) is 0 Å². The van der Waals surface area contributed by atoms with E-state index < -0.39 is 0 Å². The summed E-state index contributed by atoms with van der Waals surface area (Å²) in [4.78, 5) is 26.3. The lowest BCUT2D eigenvalue weighted by Gasteiger charge is -2.33. The summed E-state index contributed by atoms with van der Waals surface area (Å²) in [6.45, 7) is 2.79. The number of likely N-dealkylation sites (tertiary alicyclic amines) is 1. The molecule has 1 aliphatic rings. The molecule has 2 N–H and O–H groups in total. The Morgan fingerprint density at radius 1 is 1.04 bits per heavy atom. The van der Waals surface area contributed by atoms with Crippen LogP contribution in [-0.4, -0.2) is 42.9 Å². The van der Waals surface area contributed by atoms with Crippen molar-refractivity contribution >= 4 is 11.8 Å². The van der Waals surface area contributed by atoms with Crippen molar-refractivity contribution in [1.82, 2.24) is 15.5 Å². The first-order valence-corrected chi connectivity index (χ1v) is 9.10. The number of carbonyl (C=O) groups is 2. The van der Waals surface area contributed by atoms with Gasteiger partial charge in [0, 0.05) is 19.5 Å². The van der Waals surface area contributed by atoms with Crippen LogP contribution in [0.5, 0.6) is 0 Å². The lowest BCUT2D eigenvalue weighted by Crippen LogP contribution is -2.41. The molecule has 2 aromatic rings. The van der Waals surface area contributed by atoms with E-state index in [1.807, 2.05) is 12.1 Å². The maximum atomic E-state index is 12.1. The zero-order valence-corrected chi connectivity index (χ0v) is 14.8. The summed E-state index contributed by atoms with van der Waals surface area (Å²) in [6.07, 6.45) is 6.92. The highest BCUT2D eigenvalue weighted by atomic mass is 16.3. The van der Waals surface area contributed by atoms with Crippen LogP contribution < -0.4 is 10.6 Å². The smallest absolute Gasteiger partial charge is 0.286 e. The fraction of sp³-hybridized carbons (Fsp3) is 0.474. The van der Waals surface area contributed by atoms with Crippen LogP contribution in [0.1, 0.15) is 48.0 Å². The molecule has 1 atom stereocenters. The van der Waals surface area contributed by atoms with E-state index in [0.29, 0.717) is 6.54 Å². The van der Waals surface area contributed by atoms with Crippen molar-refractivity contribution in [3.8, 4) is 0 Å². The van der Waals surface area contributed by atoms with Crippen molar-refractivity contribution in [3.63, 3.8) is 0 Å². The second-order valence-electron chi connectivity index (χ2n) is 6.42. The fourth-order valence-electron chi connectivity index (χ4n) is 3.20. The summed E-state index contributed by atoms with van der Waals surface area (Å²) >= 11 is 0. The number of hydrogen-bond donors (Lipinski definition) is 2. The van der Waals surface area contributed by atoms with Crippen LogP contribution in [0, 0.1) is 0 Å². The summed E-state index contributed by atoms with van der Waals surface area (Å²) in [5.74, 6) is 0.703. The lowest BCUT2D eigenvalue weighted by atomic mass is 10.1. The third-order valence-corrected chi connectivity index (χ3v) is 4.58. The van der Waals surface area contributed by atoms with Gasteiger partial charge in [0.05, 0.1) is 18.6 Å². The van der Waals surface area contributed by atoms with E-state index in [2.05, 4.69) is 15.5 Å². The van der Waals surface area contributed by atoms with Crippen molar-refractivity contribution in [3.05, 3.63) is 48.3 Å². The Kier molecular flexibility index (Phi) is 6.49. The van der Waals surface area contributed by atoms with Gasteiger partial charge in [-0.25, -0.2) is 0 Å². The van der Waals surface area contributed by atoms with Gasteiger partial charge in [-0.2, -0.15) is 0 Å².